The minimum atomic E-state index is -0.905. The van der Waals surface area contributed by atoms with Crippen LogP contribution in [0.5, 0.6) is 0 Å². The largest absolute Gasteiger partial charge is 0.458 e. The Balaban J connectivity index is 2.14. The predicted octanol–water partition coefficient (Wildman–Crippen LogP) is 5.24. The molecular weight excluding hydrogens is 380 g/mol. The van der Waals surface area contributed by atoms with E-state index in [1.807, 2.05) is 13.0 Å². The molecule has 160 valence electrons. The van der Waals surface area contributed by atoms with Gasteiger partial charge in [0.1, 0.15) is 12.2 Å². The molecule has 2 aromatic rings. The van der Waals surface area contributed by atoms with Gasteiger partial charge in [0.15, 0.2) is 0 Å². The zero-order chi connectivity index (χ0) is 22.1. The van der Waals surface area contributed by atoms with Crippen LogP contribution in [0.3, 0.4) is 0 Å². The summed E-state index contributed by atoms with van der Waals surface area (Å²) >= 11 is 0. The number of unbranched alkanes of at least 4 members (excludes halogenated alkanes) is 1. The monoisotopic (exact) mass is 410 g/mol. The first-order chi connectivity index (χ1) is 14.3. The van der Waals surface area contributed by atoms with Crippen LogP contribution in [0.1, 0.15) is 67.7 Å². The number of rotatable bonds is 10. The molecule has 0 saturated heterocycles. The number of benzene rings is 2. The summed E-state index contributed by atoms with van der Waals surface area (Å²) in [6.45, 7) is 7.55. The number of carbonyl (C=O) groups is 3. The fourth-order valence-electron chi connectivity index (χ4n) is 3.29. The Kier molecular flexibility index (Phi) is 8.34. The van der Waals surface area contributed by atoms with Crippen LogP contribution in [-0.4, -0.2) is 29.9 Å². The van der Waals surface area contributed by atoms with E-state index in [2.05, 4.69) is 6.92 Å². The molecule has 0 radical (unpaired) electrons. The number of ether oxygens (including phenoxy) is 2. The Morgan fingerprint density at radius 1 is 0.833 bits per heavy atom. The zero-order valence-electron chi connectivity index (χ0n) is 18.1. The average Bonchev–Trinajstić information content (AvgIpc) is 2.77. The van der Waals surface area contributed by atoms with Crippen LogP contribution in [0.25, 0.3) is 0 Å². The average molecular weight is 411 g/mol. The third-order valence-corrected chi connectivity index (χ3v) is 5.72. The van der Waals surface area contributed by atoms with Gasteiger partial charge in [-0.1, -0.05) is 75.2 Å². The van der Waals surface area contributed by atoms with Crippen molar-refractivity contribution < 1.29 is 23.9 Å². The first kappa shape index (κ1) is 23.3. The van der Waals surface area contributed by atoms with E-state index in [1.54, 1.807) is 68.4 Å². The first-order valence-electron chi connectivity index (χ1n) is 10.4. The molecule has 3 unspecified atom stereocenters. The van der Waals surface area contributed by atoms with Gasteiger partial charge in [-0.25, -0.2) is 9.59 Å². The van der Waals surface area contributed by atoms with E-state index < -0.39 is 35.3 Å². The van der Waals surface area contributed by atoms with Crippen LogP contribution in [0, 0.1) is 5.41 Å². The van der Waals surface area contributed by atoms with E-state index >= 15 is 0 Å². The van der Waals surface area contributed by atoms with Gasteiger partial charge in [0.05, 0.1) is 5.56 Å². The van der Waals surface area contributed by atoms with Crippen molar-refractivity contribution in [3.8, 4) is 0 Å². The molecule has 0 fully saturated rings. The Morgan fingerprint density at radius 2 is 1.33 bits per heavy atom. The second-order valence-electron chi connectivity index (χ2n) is 7.77. The van der Waals surface area contributed by atoms with Gasteiger partial charge >= 0.3 is 11.9 Å². The van der Waals surface area contributed by atoms with Crippen LogP contribution < -0.4 is 0 Å². The minimum absolute atomic E-state index is 0.286. The zero-order valence-corrected chi connectivity index (χ0v) is 18.1. The molecule has 0 spiro atoms. The lowest BCUT2D eigenvalue weighted by Gasteiger charge is -2.39. The van der Waals surface area contributed by atoms with Gasteiger partial charge in [-0.15, -0.1) is 0 Å². The summed E-state index contributed by atoms with van der Waals surface area (Å²) in [4.78, 5) is 37.4. The van der Waals surface area contributed by atoms with E-state index in [1.165, 1.54) is 0 Å². The molecule has 0 aliphatic carbocycles. The molecule has 0 N–H and O–H groups in total. The smallest absolute Gasteiger partial charge is 0.379 e. The molecule has 5 heteroatoms. The van der Waals surface area contributed by atoms with E-state index in [9.17, 15) is 14.4 Å². The van der Waals surface area contributed by atoms with Crippen molar-refractivity contribution in [2.24, 2.45) is 5.41 Å². The van der Waals surface area contributed by atoms with Crippen molar-refractivity contribution in [1.82, 2.24) is 0 Å². The fourth-order valence-corrected chi connectivity index (χ4v) is 3.29. The molecule has 0 aliphatic heterocycles. The van der Waals surface area contributed by atoms with Crippen molar-refractivity contribution >= 4 is 17.7 Å². The van der Waals surface area contributed by atoms with Crippen molar-refractivity contribution in [2.45, 2.75) is 59.2 Å². The summed E-state index contributed by atoms with van der Waals surface area (Å²) in [5, 5.41) is 0. The van der Waals surface area contributed by atoms with Crippen LogP contribution in [0.4, 0.5) is 0 Å². The second kappa shape index (κ2) is 10.7. The summed E-state index contributed by atoms with van der Waals surface area (Å²) in [5.74, 6) is -2.02. The standard InChI is InChI=1S/C25H30O5/c1-5-6-17-25(4,18(2)29-23(27)21-15-11-8-12-16-21)19(3)30-24(28)22(26)20-13-9-7-10-14-20/h7-16,18-19H,5-6,17H2,1-4H3. The number of carbonyl (C=O) groups excluding carboxylic acids is 3. The lowest BCUT2D eigenvalue weighted by atomic mass is 9.75. The van der Waals surface area contributed by atoms with Crippen molar-refractivity contribution in [2.75, 3.05) is 0 Å². The van der Waals surface area contributed by atoms with Gasteiger partial charge in [0.25, 0.3) is 5.78 Å². The number of ketones is 1. The highest BCUT2D eigenvalue weighted by atomic mass is 16.6. The summed E-state index contributed by atoms with van der Waals surface area (Å²) in [5.41, 5.74) is 0.104. The maximum absolute atomic E-state index is 12.5. The quantitative estimate of drug-likeness (QED) is 0.304. The van der Waals surface area contributed by atoms with Crippen molar-refractivity contribution in [1.29, 1.82) is 0 Å². The minimum Gasteiger partial charge on any atom is -0.458 e. The molecule has 0 saturated carbocycles. The summed E-state index contributed by atoms with van der Waals surface area (Å²) in [6, 6.07) is 17.1. The molecule has 2 rings (SSSR count). The molecule has 0 aromatic heterocycles. The first-order valence-corrected chi connectivity index (χ1v) is 10.4. The Bertz CT molecular complexity index is 846. The highest BCUT2D eigenvalue weighted by molar-refractivity contribution is 6.40. The molecule has 3 atom stereocenters. The lowest BCUT2D eigenvalue weighted by Crippen LogP contribution is -2.45. The Morgan fingerprint density at radius 3 is 1.87 bits per heavy atom. The summed E-state index contributed by atoms with van der Waals surface area (Å²) in [6.07, 6.45) is 1.35. The van der Waals surface area contributed by atoms with E-state index in [4.69, 9.17) is 9.47 Å². The molecule has 30 heavy (non-hydrogen) atoms. The normalized spacial score (nSPS) is 14.8. The molecule has 2 aromatic carbocycles. The van der Waals surface area contributed by atoms with Crippen molar-refractivity contribution in [3.63, 3.8) is 0 Å². The van der Waals surface area contributed by atoms with E-state index in [0.717, 1.165) is 12.8 Å². The molecule has 0 amide bonds. The Hall–Kier alpha value is -2.95. The van der Waals surface area contributed by atoms with Crippen molar-refractivity contribution in [3.05, 3.63) is 71.8 Å². The maximum Gasteiger partial charge on any atom is 0.379 e. The van der Waals surface area contributed by atoms with Gasteiger partial charge in [0.2, 0.25) is 0 Å². The summed E-state index contributed by atoms with van der Waals surface area (Å²) < 4.78 is 11.3. The highest BCUT2D eigenvalue weighted by Gasteiger charge is 2.42. The topological polar surface area (TPSA) is 69.7 Å². The summed E-state index contributed by atoms with van der Waals surface area (Å²) in [7, 11) is 0. The lowest BCUT2D eigenvalue weighted by molar-refractivity contribution is -0.154. The van der Waals surface area contributed by atoms with Gasteiger partial charge in [-0.2, -0.15) is 0 Å². The number of hydrogen-bond acceptors (Lipinski definition) is 5. The van der Waals surface area contributed by atoms with Gasteiger partial charge in [-0.3, -0.25) is 4.79 Å². The van der Waals surface area contributed by atoms with E-state index in [-0.39, 0.29) is 5.56 Å². The number of hydrogen-bond donors (Lipinski definition) is 0. The molecular formula is C25H30O5. The van der Waals surface area contributed by atoms with Crippen LogP contribution in [-0.2, 0) is 14.3 Å². The van der Waals surface area contributed by atoms with Gasteiger partial charge in [0, 0.05) is 11.0 Å². The van der Waals surface area contributed by atoms with E-state index in [0.29, 0.717) is 12.0 Å². The predicted molar refractivity (Wildman–Crippen MR) is 115 cm³/mol. The van der Waals surface area contributed by atoms with Gasteiger partial charge < -0.3 is 9.47 Å². The van der Waals surface area contributed by atoms with Crippen LogP contribution >= 0.6 is 0 Å². The molecule has 5 nitrogen and oxygen atoms in total. The fraction of sp³-hybridized carbons (Fsp3) is 0.400. The molecule has 0 heterocycles. The SMILES string of the molecule is CCCCC(C)(C(C)OC(=O)C(=O)c1ccccc1)C(C)OC(=O)c1ccccc1. The number of Topliss-reactive ketones (excluding diaryl/α,β-unsaturated/α-hetero) is 1. The van der Waals surface area contributed by atoms with Crippen LogP contribution in [0.2, 0.25) is 0 Å². The second-order valence-corrected chi connectivity index (χ2v) is 7.77. The van der Waals surface area contributed by atoms with Crippen LogP contribution in [0.15, 0.2) is 60.7 Å². The third-order valence-electron chi connectivity index (χ3n) is 5.72. The van der Waals surface area contributed by atoms with Gasteiger partial charge in [-0.05, 0) is 32.4 Å². The maximum atomic E-state index is 12.5. The highest BCUT2D eigenvalue weighted by Crippen LogP contribution is 2.36. The third kappa shape index (κ3) is 5.78. The molecule has 0 bridgehead atoms. The Labute approximate surface area is 178 Å². The molecule has 0 aliphatic rings. The number of esters is 2.